The molecule has 2 rings (SSSR count). The molecule has 0 heterocycles. The second-order valence-corrected chi connectivity index (χ2v) is 4.50. The van der Waals surface area contributed by atoms with Gasteiger partial charge in [0, 0.05) is 10.6 Å². The van der Waals surface area contributed by atoms with Crippen molar-refractivity contribution in [2.45, 2.75) is 13.0 Å². The summed E-state index contributed by atoms with van der Waals surface area (Å²) in [6.45, 7) is 1.80. The normalized spacial score (nSPS) is 12.5. The fraction of sp³-hybridized carbons (Fsp3) is 0.143. The molecule has 2 aromatic rings. The number of nitrogens with two attached hydrogens (primary N) is 1. The number of hydrogen-bond acceptors (Lipinski definition) is 1. The maximum Gasteiger partial charge on any atom is 0.128 e. The quantitative estimate of drug-likeness (QED) is 0.875. The SMILES string of the molecule is Cc1c(Cl)cccc1C(N)c1cc(F)ccc1F. The average molecular weight is 268 g/mol. The Balaban J connectivity index is 2.51. The van der Waals surface area contributed by atoms with Crippen LogP contribution >= 0.6 is 11.6 Å². The summed E-state index contributed by atoms with van der Waals surface area (Å²) in [5.41, 5.74) is 7.58. The van der Waals surface area contributed by atoms with Crippen LogP contribution in [0.2, 0.25) is 5.02 Å². The molecule has 0 radical (unpaired) electrons. The van der Waals surface area contributed by atoms with E-state index >= 15 is 0 Å². The van der Waals surface area contributed by atoms with Gasteiger partial charge in [-0.2, -0.15) is 0 Å². The minimum atomic E-state index is -0.737. The van der Waals surface area contributed by atoms with Gasteiger partial charge in [0.1, 0.15) is 11.6 Å². The molecule has 2 aromatic carbocycles. The van der Waals surface area contributed by atoms with Crippen LogP contribution in [0, 0.1) is 18.6 Å². The minimum absolute atomic E-state index is 0.125. The Morgan fingerprint density at radius 2 is 1.83 bits per heavy atom. The van der Waals surface area contributed by atoms with Crippen molar-refractivity contribution >= 4 is 11.6 Å². The lowest BCUT2D eigenvalue weighted by Gasteiger charge is -2.16. The van der Waals surface area contributed by atoms with Crippen molar-refractivity contribution in [3.05, 3.63) is 69.7 Å². The molecule has 0 saturated carbocycles. The number of halogens is 3. The van der Waals surface area contributed by atoms with Gasteiger partial charge in [-0.05, 0) is 42.3 Å². The summed E-state index contributed by atoms with van der Waals surface area (Å²) in [6.07, 6.45) is 0. The molecule has 2 N–H and O–H groups in total. The van der Waals surface area contributed by atoms with Gasteiger partial charge in [-0.1, -0.05) is 23.7 Å². The fourth-order valence-electron chi connectivity index (χ4n) is 1.88. The van der Waals surface area contributed by atoms with Crippen molar-refractivity contribution in [1.82, 2.24) is 0 Å². The molecule has 4 heteroatoms. The smallest absolute Gasteiger partial charge is 0.128 e. The van der Waals surface area contributed by atoms with E-state index in [0.717, 1.165) is 23.8 Å². The van der Waals surface area contributed by atoms with E-state index in [1.807, 2.05) is 0 Å². The zero-order chi connectivity index (χ0) is 13.3. The standard InChI is InChI=1S/C14H12ClF2N/c1-8-10(3-2-4-12(8)15)14(18)11-7-9(16)5-6-13(11)17/h2-7,14H,18H2,1H3. The van der Waals surface area contributed by atoms with Crippen molar-refractivity contribution in [3.63, 3.8) is 0 Å². The number of hydrogen-bond donors (Lipinski definition) is 1. The van der Waals surface area contributed by atoms with Crippen molar-refractivity contribution < 1.29 is 8.78 Å². The van der Waals surface area contributed by atoms with Crippen LogP contribution in [-0.4, -0.2) is 0 Å². The zero-order valence-corrected chi connectivity index (χ0v) is 10.5. The molecule has 0 aliphatic heterocycles. The molecule has 18 heavy (non-hydrogen) atoms. The third kappa shape index (κ3) is 2.37. The second-order valence-electron chi connectivity index (χ2n) is 4.10. The Bertz CT molecular complexity index is 582. The van der Waals surface area contributed by atoms with E-state index in [1.165, 1.54) is 0 Å². The third-order valence-electron chi connectivity index (χ3n) is 2.94. The van der Waals surface area contributed by atoms with E-state index in [2.05, 4.69) is 0 Å². The predicted molar refractivity (Wildman–Crippen MR) is 68.6 cm³/mol. The molecule has 0 fully saturated rings. The van der Waals surface area contributed by atoms with Gasteiger partial charge in [-0.15, -0.1) is 0 Å². The van der Waals surface area contributed by atoms with E-state index in [1.54, 1.807) is 25.1 Å². The highest BCUT2D eigenvalue weighted by Gasteiger charge is 2.17. The van der Waals surface area contributed by atoms with Crippen LogP contribution < -0.4 is 5.73 Å². The lowest BCUT2D eigenvalue weighted by molar-refractivity contribution is 0.576. The van der Waals surface area contributed by atoms with Crippen molar-refractivity contribution in [3.8, 4) is 0 Å². The van der Waals surface area contributed by atoms with Crippen molar-refractivity contribution in [1.29, 1.82) is 0 Å². The van der Waals surface area contributed by atoms with E-state index < -0.39 is 17.7 Å². The highest BCUT2D eigenvalue weighted by atomic mass is 35.5. The van der Waals surface area contributed by atoms with Gasteiger partial charge in [0.05, 0.1) is 6.04 Å². The summed E-state index contributed by atoms with van der Waals surface area (Å²) < 4.78 is 26.8. The molecule has 0 aliphatic rings. The lowest BCUT2D eigenvalue weighted by atomic mass is 9.95. The molecule has 1 unspecified atom stereocenters. The van der Waals surface area contributed by atoms with Crippen molar-refractivity contribution in [2.24, 2.45) is 5.73 Å². The highest BCUT2D eigenvalue weighted by molar-refractivity contribution is 6.31. The van der Waals surface area contributed by atoms with Crippen LogP contribution in [0.25, 0.3) is 0 Å². The monoisotopic (exact) mass is 267 g/mol. The van der Waals surface area contributed by atoms with Crippen molar-refractivity contribution in [2.75, 3.05) is 0 Å². The van der Waals surface area contributed by atoms with Gasteiger partial charge in [0.25, 0.3) is 0 Å². The second kappa shape index (κ2) is 5.04. The van der Waals surface area contributed by atoms with E-state index in [4.69, 9.17) is 17.3 Å². The summed E-state index contributed by atoms with van der Waals surface area (Å²) in [5.74, 6) is -1.04. The van der Waals surface area contributed by atoms with Crippen LogP contribution in [-0.2, 0) is 0 Å². The van der Waals surface area contributed by atoms with Crippen LogP contribution in [0.4, 0.5) is 8.78 Å². The molecular weight excluding hydrogens is 256 g/mol. The van der Waals surface area contributed by atoms with Gasteiger partial charge in [-0.25, -0.2) is 8.78 Å². The van der Waals surface area contributed by atoms with Crippen LogP contribution in [0.1, 0.15) is 22.7 Å². The topological polar surface area (TPSA) is 26.0 Å². The Hall–Kier alpha value is -1.45. The molecule has 1 nitrogen and oxygen atoms in total. The highest BCUT2D eigenvalue weighted by Crippen LogP contribution is 2.28. The first kappa shape index (κ1) is 13.0. The van der Waals surface area contributed by atoms with Gasteiger partial charge >= 0.3 is 0 Å². The Morgan fingerprint density at radius 3 is 2.56 bits per heavy atom. The average Bonchev–Trinajstić information content (AvgIpc) is 2.35. The fourth-order valence-corrected chi connectivity index (χ4v) is 2.06. The molecule has 94 valence electrons. The molecule has 0 amide bonds. The molecule has 0 saturated heterocycles. The van der Waals surface area contributed by atoms with Gasteiger partial charge in [0.15, 0.2) is 0 Å². The zero-order valence-electron chi connectivity index (χ0n) is 9.75. The molecule has 0 bridgehead atoms. The Kier molecular flexibility index (Phi) is 3.64. The first-order chi connectivity index (χ1) is 8.50. The molecule has 0 spiro atoms. The van der Waals surface area contributed by atoms with Gasteiger partial charge in [-0.3, -0.25) is 0 Å². The third-order valence-corrected chi connectivity index (χ3v) is 3.35. The maximum atomic E-state index is 13.7. The predicted octanol–water partition coefficient (Wildman–Crippen LogP) is 3.97. The molecule has 1 atom stereocenters. The first-order valence-corrected chi connectivity index (χ1v) is 5.84. The van der Waals surface area contributed by atoms with E-state index in [9.17, 15) is 8.78 Å². The van der Waals surface area contributed by atoms with Gasteiger partial charge < -0.3 is 5.73 Å². The van der Waals surface area contributed by atoms with E-state index in [-0.39, 0.29) is 5.56 Å². The first-order valence-electron chi connectivity index (χ1n) is 5.46. The Labute approximate surface area is 109 Å². The summed E-state index contributed by atoms with van der Waals surface area (Å²) in [5, 5.41) is 0.555. The summed E-state index contributed by atoms with van der Waals surface area (Å²) >= 11 is 5.99. The summed E-state index contributed by atoms with van der Waals surface area (Å²) in [7, 11) is 0. The number of benzene rings is 2. The lowest BCUT2D eigenvalue weighted by Crippen LogP contribution is -2.15. The van der Waals surface area contributed by atoms with Crippen LogP contribution in [0.5, 0.6) is 0 Å². The Morgan fingerprint density at radius 1 is 1.11 bits per heavy atom. The van der Waals surface area contributed by atoms with Crippen LogP contribution in [0.15, 0.2) is 36.4 Å². The molecular formula is C14H12ClF2N. The minimum Gasteiger partial charge on any atom is -0.320 e. The summed E-state index contributed by atoms with van der Waals surface area (Å²) in [6, 6.07) is 7.74. The van der Waals surface area contributed by atoms with Crippen LogP contribution in [0.3, 0.4) is 0 Å². The van der Waals surface area contributed by atoms with E-state index in [0.29, 0.717) is 10.6 Å². The maximum absolute atomic E-state index is 13.7. The largest absolute Gasteiger partial charge is 0.320 e. The molecule has 0 aliphatic carbocycles. The summed E-state index contributed by atoms with van der Waals surface area (Å²) in [4.78, 5) is 0. The molecule has 0 aromatic heterocycles. The van der Waals surface area contributed by atoms with Gasteiger partial charge in [0.2, 0.25) is 0 Å². The number of rotatable bonds is 2.